The fourth-order valence-corrected chi connectivity index (χ4v) is 8.02. The summed E-state index contributed by atoms with van der Waals surface area (Å²) in [5, 5.41) is 0. The minimum atomic E-state index is -2.11. The Balaban J connectivity index is 1.98. The minimum absolute atomic E-state index is 1.04. The molecule has 0 aliphatic heterocycles. The van der Waals surface area contributed by atoms with Gasteiger partial charge in [0.25, 0.3) is 0 Å². The third kappa shape index (κ3) is 16.0. The van der Waals surface area contributed by atoms with E-state index in [4.69, 9.17) is 11.2 Å². The van der Waals surface area contributed by atoms with Crippen LogP contribution in [0.3, 0.4) is 0 Å². The van der Waals surface area contributed by atoms with Crippen LogP contribution < -0.4 is 0 Å². The summed E-state index contributed by atoms with van der Waals surface area (Å²) in [6.45, 7) is 10.8. The van der Waals surface area contributed by atoms with E-state index in [1.54, 1.807) is 0 Å². The fraction of sp³-hybridized carbons (Fsp3) is 0.724. The molecule has 1 aromatic carbocycles. The first-order valence-electron chi connectivity index (χ1n) is 13.3. The van der Waals surface area contributed by atoms with Crippen LogP contribution in [0.1, 0.15) is 121 Å². The summed E-state index contributed by atoms with van der Waals surface area (Å²) >= 11 is 7.18. The molecule has 2 heteroatoms. The first-order valence-corrected chi connectivity index (χ1v) is 17.7. The number of benzene rings is 1. The third-order valence-electron chi connectivity index (χ3n) is 6.59. The maximum absolute atomic E-state index is 7.18. The normalized spacial score (nSPS) is 13.1. The van der Waals surface area contributed by atoms with Crippen LogP contribution in [-0.4, -0.2) is 19.5 Å². The summed E-state index contributed by atoms with van der Waals surface area (Å²) in [5.74, 6) is -2.11. The van der Waals surface area contributed by atoms with E-state index in [1.165, 1.54) is 120 Å². The Hall–Kier alpha value is -0.320. The quantitative estimate of drug-likeness (QED) is 0.132. The van der Waals surface area contributed by atoms with Crippen LogP contribution in [0.25, 0.3) is 6.08 Å². The van der Waals surface area contributed by atoms with E-state index in [0.29, 0.717) is 0 Å². The number of unbranched alkanes of at least 4 members (excludes halogenated alkanes) is 15. The first-order chi connectivity index (χ1) is 14.8. The summed E-state index contributed by atoms with van der Waals surface area (Å²) < 4.78 is 0. The molecule has 0 saturated heterocycles. The zero-order chi connectivity index (χ0) is 22.9. The zero-order valence-electron chi connectivity index (χ0n) is 21.1. The molecule has 0 spiro atoms. The molecule has 31 heavy (non-hydrogen) atoms. The molecule has 0 aliphatic carbocycles. The summed E-state index contributed by atoms with van der Waals surface area (Å²) in [5.41, 5.74) is 2.56. The molecule has 0 nitrogen and oxygen atoms in total. The molecule has 0 aliphatic rings. The van der Waals surface area contributed by atoms with Gasteiger partial charge >= 0.3 is 162 Å². The van der Waals surface area contributed by atoms with Crippen LogP contribution in [0.4, 0.5) is 0 Å². The van der Waals surface area contributed by atoms with Crippen molar-refractivity contribution >= 4 is 23.3 Å². The van der Waals surface area contributed by atoms with Crippen LogP contribution >= 0.6 is 17.2 Å². The molecule has 0 N–H and O–H groups in total. The van der Waals surface area contributed by atoms with E-state index < -0.39 is 5.96 Å². The topological polar surface area (TPSA) is 0 Å². The summed E-state index contributed by atoms with van der Waals surface area (Å²) in [6.07, 6.45) is 26.9. The molecule has 0 heterocycles. The molecular formula is C29H52ClP. The molecule has 0 unspecified atom stereocenters. The van der Waals surface area contributed by atoms with Gasteiger partial charge in [-0.05, 0) is 0 Å². The predicted molar refractivity (Wildman–Crippen MR) is 149 cm³/mol. The van der Waals surface area contributed by atoms with Gasteiger partial charge in [0, 0.05) is 0 Å². The predicted octanol–water partition coefficient (Wildman–Crippen LogP) is 11.1. The second-order valence-corrected chi connectivity index (χ2v) is 19.9. The molecule has 0 fully saturated rings. The summed E-state index contributed by atoms with van der Waals surface area (Å²) in [4.78, 5) is 0. The van der Waals surface area contributed by atoms with E-state index in [-0.39, 0.29) is 0 Å². The van der Waals surface area contributed by atoms with Crippen LogP contribution in [-0.2, 0) is 6.16 Å². The second-order valence-electron chi connectivity index (χ2n) is 10.6. The molecule has 1 rings (SSSR count). The summed E-state index contributed by atoms with van der Waals surface area (Å²) in [6, 6.07) is 8.75. The van der Waals surface area contributed by atoms with Gasteiger partial charge in [-0.1, -0.05) is 39.0 Å². The van der Waals surface area contributed by atoms with Gasteiger partial charge in [0.05, 0.1) is 0 Å². The van der Waals surface area contributed by atoms with E-state index in [0.717, 1.165) is 6.16 Å². The van der Waals surface area contributed by atoms with Crippen molar-refractivity contribution in [1.29, 1.82) is 0 Å². The van der Waals surface area contributed by atoms with E-state index in [9.17, 15) is 0 Å². The monoisotopic (exact) mass is 466 g/mol. The van der Waals surface area contributed by atoms with Crippen LogP contribution in [0, 0.1) is 0 Å². The number of hydrogen-bond donors (Lipinski definition) is 0. The Labute approximate surface area is 200 Å². The Kier molecular flexibility index (Phi) is 15.1. The fourth-order valence-electron chi connectivity index (χ4n) is 4.55. The molecule has 0 saturated carbocycles. The van der Waals surface area contributed by atoms with Gasteiger partial charge < -0.3 is 0 Å². The Bertz CT molecular complexity index is 567. The molecule has 0 radical (unpaired) electrons. The van der Waals surface area contributed by atoms with Crippen molar-refractivity contribution in [3.05, 3.63) is 42.0 Å². The van der Waals surface area contributed by atoms with Crippen molar-refractivity contribution in [1.82, 2.24) is 0 Å². The Morgan fingerprint density at radius 1 is 0.677 bits per heavy atom. The molecular weight excluding hydrogens is 415 g/mol. The van der Waals surface area contributed by atoms with Crippen LogP contribution in [0.2, 0.25) is 0 Å². The van der Waals surface area contributed by atoms with E-state index >= 15 is 0 Å². The van der Waals surface area contributed by atoms with Crippen molar-refractivity contribution < 1.29 is 0 Å². The van der Waals surface area contributed by atoms with Gasteiger partial charge in [0.2, 0.25) is 0 Å². The van der Waals surface area contributed by atoms with Gasteiger partial charge in [-0.2, -0.15) is 0 Å². The first kappa shape index (κ1) is 28.7. The second kappa shape index (κ2) is 16.3. The van der Waals surface area contributed by atoms with Gasteiger partial charge in [0.15, 0.2) is 0 Å². The van der Waals surface area contributed by atoms with Gasteiger partial charge in [-0.15, -0.1) is 0 Å². The SMILES string of the molecule is C=Cc1ccc(CP(C)(C)(Cl)CCCCCCCCCCCCCCCCCC)cc1. The van der Waals surface area contributed by atoms with Crippen molar-refractivity contribution in [3.63, 3.8) is 0 Å². The zero-order valence-corrected chi connectivity index (χ0v) is 22.8. The van der Waals surface area contributed by atoms with Crippen molar-refractivity contribution in [2.45, 2.75) is 116 Å². The number of hydrogen-bond acceptors (Lipinski definition) is 0. The molecule has 0 aromatic heterocycles. The average molecular weight is 467 g/mol. The number of halogens is 1. The summed E-state index contributed by atoms with van der Waals surface area (Å²) in [7, 11) is 0. The molecule has 0 atom stereocenters. The standard InChI is InChI=1S/C29H52ClP/c1-5-7-8-9-10-11-12-13-14-15-16-17-18-19-20-21-26-31(3,4,30)27-29-24-22-28(6-2)23-25-29/h6,22-25H,2,5,7-21,26-27H2,1,3-4H3. The van der Waals surface area contributed by atoms with Gasteiger partial charge in [-0.3, -0.25) is 0 Å². The average Bonchev–Trinajstić information content (AvgIpc) is 2.73. The van der Waals surface area contributed by atoms with Crippen molar-refractivity contribution in [2.75, 3.05) is 19.5 Å². The van der Waals surface area contributed by atoms with Crippen LogP contribution in [0.15, 0.2) is 30.8 Å². The van der Waals surface area contributed by atoms with Crippen LogP contribution in [0.5, 0.6) is 0 Å². The Morgan fingerprint density at radius 2 is 1.06 bits per heavy atom. The van der Waals surface area contributed by atoms with Gasteiger partial charge in [0.1, 0.15) is 0 Å². The van der Waals surface area contributed by atoms with E-state index in [2.05, 4.69) is 51.1 Å². The van der Waals surface area contributed by atoms with Gasteiger partial charge in [-0.25, -0.2) is 0 Å². The molecule has 1 aromatic rings. The Morgan fingerprint density at radius 3 is 1.45 bits per heavy atom. The molecule has 0 amide bonds. The maximum atomic E-state index is 7.18. The third-order valence-corrected chi connectivity index (χ3v) is 10.5. The van der Waals surface area contributed by atoms with Crippen molar-refractivity contribution in [3.8, 4) is 0 Å². The van der Waals surface area contributed by atoms with Crippen molar-refractivity contribution in [2.24, 2.45) is 0 Å². The van der Waals surface area contributed by atoms with E-state index in [1.807, 2.05) is 6.08 Å². The molecule has 0 bridgehead atoms. The molecule has 180 valence electrons. The number of rotatable bonds is 20.